The third-order valence-corrected chi connectivity index (χ3v) is 5.14. The molecule has 0 unspecified atom stereocenters. The standard InChI is InChI=1S/C27H32N2O6/c1-17(2)29(16-19(4)27(31)35-8)15-18(3)21-11-9-10-12-22(21)28-26(30)20-13-23(32-5)25(34-7)24(14-20)33-6/h9-16H,1H2,2-8H3,(H,28,30)/b18-15+,19-16+. The fourth-order valence-corrected chi connectivity index (χ4v) is 3.30. The number of allylic oxidation sites excluding steroid dienone is 2. The number of rotatable bonds is 10. The van der Waals surface area contributed by atoms with Crippen LogP contribution in [0.1, 0.15) is 36.7 Å². The van der Waals surface area contributed by atoms with Gasteiger partial charge in [0.25, 0.3) is 5.91 Å². The summed E-state index contributed by atoms with van der Waals surface area (Å²) in [6.07, 6.45) is 3.48. The van der Waals surface area contributed by atoms with Gasteiger partial charge in [-0.3, -0.25) is 4.79 Å². The van der Waals surface area contributed by atoms with E-state index < -0.39 is 5.97 Å². The molecule has 0 aliphatic carbocycles. The zero-order chi connectivity index (χ0) is 26.1. The summed E-state index contributed by atoms with van der Waals surface area (Å²) in [5, 5.41) is 2.96. The SMILES string of the molecule is C=C(C)N(/C=C(\C)C(=O)OC)/C=C(\C)c1ccccc1NC(=O)c1cc(OC)c(OC)c(OC)c1. The first-order chi connectivity index (χ1) is 16.7. The fourth-order valence-electron chi connectivity index (χ4n) is 3.30. The van der Waals surface area contributed by atoms with E-state index >= 15 is 0 Å². The summed E-state index contributed by atoms with van der Waals surface area (Å²) in [5.41, 5.74) is 3.70. The lowest BCUT2D eigenvalue weighted by molar-refractivity contribution is -0.136. The van der Waals surface area contributed by atoms with Gasteiger partial charge in [-0.1, -0.05) is 24.8 Å². The van der Waals surface area contributed by atoms with Crippen LogP contribution in [0.2, 0.25) is 0 Å². The molecular formula is C27H32N2O6. The largest absolute Gasteiger partial charge is 0.493 e. The van der Waals surface area contributed by atoms with Crippen LogP contribution in [0.25, 0.3) is 5.57 Å². The van der Waals surface area contributed by atoms with E-state index in [2.05, 4.69) is 11.9 Å². The van der Waals surface area contributed by atoms with Crippen molar-refractivity contribution in [1.82, 2.24) is 4.90 Å². The van der Waals surface area contributed by atoms with Crippen molar-refractivity contribution < 1.29 is 28.5 Å². The minimum absolute atomic E-state index is 0.344. The molecule has 35 heavy (non-hydrogen) atoms. The number of hydrogen-bond acceptors (Lipinski definition) is 7. The molecule has 0 spiro atoms. The average molecular weight is 481 g/mol. The highest BCUT2D eigenvalue weighted by atomic mass is 16.5. The van der Waals surface area contributed by atoms with Crippen molar-refractivity contribution in [1.29, 1.82) is 0 Å². The lowest BCUT2D eigenvalue weighted by atomic mass is 10.0. The maximum atomic E-state index is 13.1. The first-order valence-corrected chi connectivity index (χ1v) is 10.8. The van der Waals surface area contributed by atoms with E-state index in [0.29, 0.717) is 39.8 Å². The van der Waals surface area contributed by atoms with Gasteiger partial charge < -0.3 is 29.2 Å². The van der Waals surface area contributed by atoms with Crippen LogP contribution in [0.4, 0.5) is 5.69 Å². The number of nitrogens with zero attached hydrogens (tertiary/aromatic N) is 1. The normalized spacial score (nSPS) is 11.4. The second-order valence-corrected chi connectivity index (χ2v) is 7.67. The number of carbonyl (C=O) groups excluding carboxylic acids is 2. The Labute approximate surface area is 206 Å². The van der Waals surface area contributed by atoms with Gasteiger partial charge in [0, 0.05) is 34.9 Å². The summed E-state index contributed by atoms with van der Waals surface area (Å²) >= 11 is 0. The van der Waals surface area contributed by atoms with E-state index in [0.717, 1.165) is 11.1 Å². The molecule has 2 aromatic carbocycles. The Kier molecular flexibility index (Phi) is 9.52. The molecule has 186 valence electrons. The molecule has 2 rings (SSSR count). The molecule has 1 N–H and O–H groups in total. The highest BCUT2D eigenvalue weighted by molar-refractivity contribution is 6.06. The number of esters is 1. The van der Waals surface area contributed by atoms with Gasteiger partial charge in [-0.2, -0.15) is 0 Å². The molecule has 2 aromatic rings. The Balaban J connectivity index is 2.43. The van der Waals surface area contributed by atoms with E-state index in [1.165, 1.54) is 28.4 Å². The summed E-state index contributed by atoms with van der Waals surface area (Å²) in [6.45, 7) is 9.37. The number of anilines is 1. The van der Waals surface area contributed by atoms with Crippen molar-refractivity contribution in [2.24, 2.45) is 0 Å². The third kappa shape index (κ3) is 6.66. The summed E-state index contributed by atoms with van der Waals surface area (Å²) < 4.78 is 20.8. The molecule has 0 fully saturated rings. The van der Waals surface area contributed by atoms with E-state index in [1.54, 1.807) is 30.2 Å². The molecule has 8 nitrogen and oxygen atoms in total. The molecule has 0 heterocycles. The molecule has 0 radical (unpaired) electrons. The quantitative estimate of drug-likeness (QED) is 0.368. The Bertz CT molecular complexity index is 1140. The van der Waals surface area contributed by atoms with Crippen molar-refractivity contribution in [2.45, 2.75) is 20.8 Å². The number of para-hydroxylation sites is 1. The third-order valence-electron chi connectivity index (χ3n) is 5.14. The molecule has 1 amide bonds. The number of methoxy groups -OCH3 is 4. The summed E-state index contributed by atoms with van der Waals surface area (Å²) in [5.74, 6) is 0.390. The van der Waals surface area contributed by atoms with E-state index in [9.17, 15) is 9.59 Å². The zero-order valence-corrected chi connectivity index (χ0v) is 21.2. The lowest BCUT2D eigenvalue weighted by Crippen LogP contribution is -2.14. The first-order valence-electron chi connectivity index (χ1n) is 10.8. The second kappa shape index (κ2) is 12.3. The molecular weight excluding hydrogens is 448 g/mol. The highest BCUT2D eigenvalue weighted by Gasteiger charge is 2.18. The Morgan fingerprint density at radius 2 is 1.51 bits per heavy atom. The molecule has 0 saturated heterocycles. The molecule has 0 aliphatic rings. The number of amides is 1. The zero-order valence-electron chi connectivity index (χ0n) is 21.2. The molecule has 0 aliphatic heterocycles. The maximum absolute atomic E-state index is 13.1. The van der Waals surface area contributed by atoms with Crippen molar-refractivity contribution in [3.63, 3.8) is 0 Å². The van der Waals surface area contributed by atoms with Gasteiger partial charge in [0.1, 0.15) is 0 Å². The van der Waals surface area contributed by atoms with Crippen molar-refractivity contribution in [3.05, 3.63) is 77.8 Å². The molecule has 0 saturated carbocycles. The van der Waals surface area contributed by atoms with E-state index in [4.69, 9.17) is 18.9 Å². The monoisotopic (exact) mass is 480 g/mol. The molecule has 8 heteroatoms. The Hall–Kier alpha value is -4.20. The van der Waals surface area contributed by atoms with Crippen LogP contribution in [0.3, 0.4) is 0 Å². The van der Waals surface area contributed by atoms with Crippen molar-refractivity contribution in [3.8, 4) is 17.2 Å². The average Bonchev–Trinajstić information content (AvgIpc) is 2.86. The number of nitrogens with one attached hydrogen (secondary N) is 1. The minimum Gasteiger partial charge on any atom is -0.493 e. The van der Waals surface area contributed by atoms with Crippen LogP contribution in [-0.4, -0.2) is 45.2 Å². The lowest BCUT2D eigenvalue weighted by Gasteiger charge is -2.19. The van der Waals surface area contributed by atoms with Gasteiger partial charge >= 0.3 is 5.97 Å². The van der Waals surface area contributed by atoms with Crippen molar-refractivity contribution >= 4 is 23.1 Å². The summed E-state index contributed by atoms with van der Waals surface area (Å²) in [4.78, 5) is 26.7. The molecule has 0 aromatic heterocycles. The van der Waals surface area contributed by atoms with Crippen LogP contribution in [0.15, 0.2) is 66.6 Å². The van der Waals surface area contributed by atoms with Crippen LogP contribution in [-0.2, 0) is 9.53 Å². The van der Waals surface area contributed by atoms with Gasteiger partial charge in [-0.25, -0.2) is 4.79 Å². The fraction of sp³-hybridized carbons (Fsp3) is 0.259. The number of hydrogen-bond donors (Lipinski definition) is 1. The van der Waals surface area contributed by atoms with Crippen molar-refractivity contribution in [2.75, 3.05) is 33.8 Å². The minimum atomic E-state index is -0.430. The van der Waals surface area contributed by atoms with Gasteiger partial charge in [0.05, 0.1) is 34.0 Å². The molecule has 0 bridgehead atoms. The predicted molar refractivity (Wildman–Crippen MR) is 137 cm³/mol. The first kappa shape index (κ1) is 27.0. The Morgan fingerprint density at radius 3 is 2.03 bits per heavy atom. The second-order valence-electron chi connectivity index (χ2n) is 7.67. The van der Waals surface area contributed by atoms with Crippen LogP contribution >= 0.6 is 0 Å². The highest BCUT2D eigenvalue weighted by Crippen LogP contribution is 2.38. The Morgan fingerprint density at radius 1 is 0.914 bits per heavy atom. The topological polar surface area (TPSA) is 86.3 Å². The number of carbonyl (C=O) groups is 2. The smallest absolute Gasteiger partial charge is 0.334 e. The summed E-state index contributed by atoms with van der Waals surface area (Å²) in [7, 11) is 5.82. The number of ether oxygens (including phenoxy) is 4. The van der Waals surface area contributed by atoms with Crippen LogP contribution < -0.4 is 19.5 Å². The predicted octanol–water partition coefficient (Wildman–Crippen LogP) is 5.24. The van der Waals surface area contributed by atoms with Gasteiger partial charge in [0.15, 0.2) is 11.5 Å². The van der Waals surface area contributed by atoms with Gasteiger partial charge in [-0.15, -0.1) is 0 Å². The van der Waals surface area contributed by atoms with Crippen LogP contribution in [0, 0.1) is 0 Å². The van der Waals surface area contributed by atoms with Crippen LogP contribution in [0.5, 0.6) is 17.2 Å². The number of benzene rings is 2. The molecule has 0 atom stereocenters. The van der Waals surface area contributed by atoms with Gasteiger partial charge in [-0.05, 0) is 44.5 Å². The summed E-state index contributed by atoms with van der Waals surface area (Å²) in [6, 6.07) is 10.6. The van der Waals surface area contributed by atoms with Gasteiger partial charge in [0.2, 0.25) is 5.75 Å². The van der Waals surface area contributed by atoms with E-state index in [-0.39, 0.29) is 5.91 Å². The van der Waals surface area contributed by atoms with E-state index in [1.807, 2.05) is 44.3 Å². The maximum Gasteiger partial charge on any atom is 0.334 e.